The Morgan fingerprint density at radius 3 is 2.90 bits per heavy atom. The molecule has 0 bridgehead atoms. The molecule has 20 heavy (non-hydrogen) atoms. The second-order valence-corrected chi connectivity index (χ2v) is 4.78. The molecular weight excluding hydrogens is 250 g/mol. The first-order valence-electron chi connectivity index (χ1n) is 7.16. The van der Waals surface area contributed by atoms with Crippen LogP contribution >= 0.6 is 0 Å². The van der Waals surface area contributed by atoms with Gasteiger partial charge in [0.2, 0.25) is 5.91 Å². The van der Waals surface area contributed by atoms with Crippen LogP contribution in [0.4, 0.5) is 0 Å². The minimum Gasteiger partial charge on any atom is -0.347 e. The first-order chi connectivity index (χ1) is 9.76. The second-order valence-electron chi connectivity index (χ2n) is 4.78. The fourth-order valence-corrected chi connectivity index (χ4v) is 2.21. The normalized spacial score (nSPS) is 11.3. The van der Waals surface area contributed by atoms with Crippen LogP contribution in [0, 0.1) is 0 Å². The average molecular weight is 271 g/mol. The van der Waals surface area contributed by atoms with Gasteiger partial charge in [-0.05, 0) is 19.4 Å². The van der Waals surface area contributed by atoms with Crippen LogP contribution in [0.3, 0.4) is 0 Å². The summed E-state index contributed by atoms with van der Waals surface area (Å²) in [7, 11) is 0. The topological polar surface area (TPSA) is 46.4 Å². The van der Waals surface area contributed by atoms with E-state index in [9.17, 15) is 4.79 Å². The third-order valence-corrected chi connectivity index (χ3v) is 3.31. The third-order valence-electron chi connectivity index (χ3n) is 3.31. The Morgan fingerprint density at radius 2 is 2.15 bits per heavy atom. The molecule has 0 radical (unpaired) electrons. The molecule has 1 aromatic carbocycles. The molecule has 1 N–H and O–H groups in total. The van der Waals surface area contributed by atoms with E-state index in [0.717, 1.165) is 30.3 Å². The fourth-order valence-electron chi connectivity index (χ4n) is 2.21. The molecule has 0 fully saturated rings. The number of carbonyl (C=O) groups excluding carboxylic acids is 1. The molecule has 4 heteroatoms. The van der Waals surface area contributed by atoms with E-state index < -0.39 is 0 Å². The Kier molecular flexibility index (Phi) is 4.93. The first kappa shape index (κ1) is 14.3. The number of benzene rings is 1. The van der Waals surface area contributed by atoms with Crippen molar-refractivity contribution in [2.75, 3.05) is 0 Å². The lowest BCUT2D eigenvalue weighted by atomic mass is 10.2. The Hall–Kier alpha value is -2.10. The zero-order valence-corrected chi connectivity index (χ0v) is 12.1. The predicted octanol–water partition coefficient (Wildman–Crippen LogP) is 3.30. The summed E-state index contributed by atoms with van der Waals surface area (Å²) >= 11 is 0. The number of hydrazone groups is 1. The van der Waals surface area contributed by atoms with Crippen molar-refractivity contribution in [1.82, 2.24) is 9.99 Å². The van der Waals surface area contributed by atoms with E-state index in [1.54, 1.807) is 6.21 Å². The molecule has 0 saturated heterocycles. The molecule has 1 heterocycles. The van der Waals surface area contributed by atoms with Crippen LogP contribution in [0.15, 0.2) is 35.6 Å². The highest BCUT2D eigenvalue weighted by Crippen LogP contribution is 2.19. The van der Waals surface area contributed by atoms with Gasteiger partial charge >= 0.3 is 0 Å². The Labute approximate surface area is 119 Å². The SMILES string of the molecule is CCCCC(=O)N/N=C/c1cn(CC)c2ccccc12. The number of rotatable bonds is 6. The van der Waals surface area contributed by atoms with E-state index in [1.807, 2.05) is 12.1 Å². The van der Waals surface area contributed by atoms with Gasteiger partial charge in [-0.1, -0.05) is 31.5 Å². The molecule has 0 unspecified atom stereocenters. The minimum atomic E-state index is -0.0256. The van der Waals surface area contributed by atoms with E-state index in [-0.39, 0.29) is 5.91 Å². The largest absolute Gasteiger partial charge is 0.347 e. The standard InChI is InChI=1S/C16H21N3O/c1-3-5-10-16(20)18-17-11-13-12-19(4-2)15-9-7-6-8-14(13)15/h6-9,11-12H,3-5,10H2,1-2H3,(H,18,20)/b17-11+. The lowest BCUT2D eigenvalue weighted by Gasteiger charge is -1.97. The van der Waals surface area contributed by atoms with Gasteiger partial charge in [-0.15, -0.1) is 0 Å². The van der Waals surface area contributed by atoms with Crippen molar-refractivity contribution in [3.05, 3.63) is 36.0 Å². The highest BCUT2D eigenvalue weighted by molar-refractivity contribution is 5.99. The van der Waals surface area contributed by atoms with Crippen LogP contribution in [0.1, 0.15) is 38.7 Å². The van der Waals surface area contributed by atoms with Crippen LogP contribution in [0.2, 0.25) is 0 Å². The molecular formula is C16H21N3O. The van der Waals surface area contributed by atoms with E-state index in [4.69, 9.17) is 0 Å². The Bertz CT molecular complexity index is 613. The van der Waals surface area contributed by atoms with Crippen molar-refractivity contribution in [3.8, 4) is 0 Å². The van der Waals surface area contributed by atoms with Gasteiger partial charge in [-0.3, -0.25) is 4.79 Å². The van der Waals surface area contributed by atoms with E-state index in [0.29, 0.717) is 6.42 Å². The van der Waals surface area contributed by atoms with Gasteiger partial charge in [0, 0.05) is 35.6 Å². The van der Waals surface area contributed by atoms with Crippen molar-refractivity contribution < 1.29 is 4.79 Å². The summed E-state index contributed by atoms with van der Waals surface area (Å²) in [5.41, 5.74) is 4.79. The molecule has 0 aliphatic rings. The van der Waals surface area contributed by atoms with Gasteiger partial charge in [-0.25, -0.2) is 5.43 Å². The highest BCUT2D eigenvalue weighted by Gasteiger charge is 2.05. The molecule has 0 aliphatic heterocycles. The third kappa shape index (κ3) is 3.26. The maximum absolute atomic E-state index is 11.5. The smallest absolute Gasteiger partial charge is 0.240 e. The van der Waals surface area contributed by atoms with Crippen molar-refractivity contribution in [2.24, 2.45) is 5.10 Å². The fraction of sp³-hybridized carbons (Fsp3) is 0.375. The Morgan fingerprint density at radius 1 is 1.35 bits per heavy atom. The zero-order valence-electron chi connectivity index (χ0n) is 12.1. The summed E-state index contributed by atoms with van der Waals surface area (Å²) in [6.07, 6.45) is 6.23. The zero-order chi connectivity index (χ0) is 14.4. The van der Waals surface area contributed by atoms with E-state index in [1.165, 1.54) is 5.52 Å². The summed E-state index contributed by atoms with van der Waals surface area (Å²) in [6, 6.07) is 8.21. The van der Waals surface area contributed by atoms with E-state index >= 15 is 0 Å². The number of hydrogen-bond acceptors (Lipinski definition) is 2. The molecule has 4 nitrogen and oxygen atoms in total. The number of nitrogens with one attached hydrogen (secondary N) is 1. The number of amides is 1. The quantitative estimate of drug-likeness (QED) is 0.636. The number of fused-ring (bicyclic) bond motifs is 1. The van der Waals surface area contributed by atoms with Crippen molar-refractivity contribution in [1.29, 1.82) is 0 Å². The number of nitrogens with zero attached hydrogens (tertiary/aromatic N) is 2. The Balaban J connectivity index is 2.11. The number of hydrogen-bond donors (Lipinski definition) is 1. The monoisotopic (exact) mass is 271 g/mol. The number of aryl methyl sites for hydroxylation is 1. The molecule has 0 aliphatic carbocycles. The molecule has 2 aromatic rings. The number of aromatic nitrogens is 1. The summed E-state index contributed by atoms with van der Waals surface area (Å²) in [4.78, 5) is 11.5. The molecule has 0 saturated carbocycles. The van der Waals surface area contributed by atoms with Gasteiger partial charge in [0.1, 0.15) is 0 Å². The van der Waals surface area contributed by atoms with Gasteiger partial charge in [-0.2, -0.15) is 5.10 Å². The van der Waals surface area contributed by atoms with E-state index in [2.05, 4.69) is 47.3 Å². The number of para-hydroxylation sites is 1. The lowest BCUT2D eigenvalue weighted by molar-refractivity contribution is -0.121. The maximum Gasteiger partial charge on any atom is 0.240 e. The molecule has 2 rings (SSSR count). The van der Waals surface area contributed by atoms with Gasteiger partial charge in [0.25, 0.3) is 0 Å². The maximum atomic E-state index is 11.5. The van der Waals surface area contributed by atoms with Crippen LogP contribution < -0.4 is 5.43 Å². The predicted molar refractivity (Wildman–Crippen MR) is 82.9 cm³/mol. The molecule has 106 valence electrons. The van der Waals surface area contributed by atoms with Crippen LogP contribution in [-0.4, -0.2) is 16.7 Å². The average Bonchev–Trinajstić information content (AvgIpc) is 2.83. The van der Waals surface area contributed by atoms with Crippen LogP contribution in [0.25, 0.3) is 10.9 Å². The van der Waals surface area contributed by atoms with Gasteiger partial charge < -0.3 is 4.57 Å². The first-order valence-corrected chi connectivity index (χ1v) is 7.16. The van der Waals surface area contributed by atoms with Crippen LogP contribution in [-0.2, 0) is 11.3 Å². The molecule has 0 spiro atoms. The number of unbranched alkanes of at least 4 members (excludes halogenated alkanes) is 1. The summed E-state index contributed by atoms with van der Waals surface area (Å²) in [5.74, 6) is -0.0256. The summed E-state index contributed by atoms with van der Waals surface area (Å²) in [6.45, 7) is 5.09. The minimum absolute atomic E-state index is 0.0256. The van der Waals surface area contributed by atoms with Gasteiger partial charge in [0.05, 0.1) is 6.21 Å². The highest BCUT2D eigenvalue weighted by atomic mass is 16.2. The lowest BCUT2D eigenvalue weighted by Crippen LogP contribution is -2.16. The van der Waals surface area contributed by atoms with Crippen molar-refractivity contribution >= 4 is 23.0 Å². The molecule has 1 aromatic heterocycles. The van der Waals surface area contributed by atoms with Gasteiger partial charge in [0.15, 0.2) is 0 Å². The second kappa shape index (κ2) is 6.89. The van der Waals surface area contributed by atoms with Crippen molar-refractivity contribution in [2.45, 2.75) is 39.7 Å². The molecule has 1 amide bonds. The summed E-state index contributed by atoms with van der Waals surface area (Å²) in [5, 5.41) is 5.21. The van der Waals surface area contributed by atoms with Crippen LogP contribution in [0.5, 0.6) is 0 Å². The summed E-state index contributed by atoms with van der Waals surface area (Å²) < 4.78 is 2.18. The van der Waals surface area contributed by atoms with Crippen molar-refractivity contribution in [3.63, 3.8) is 0 Å². The molecule has 0 atom stereocenters. The number of carbonyl (C=O) groups is 1.